The molecule has 6 nitrogen and oxygen atoms in total. The fraction of sp³-hybridized carbons (Fsp3) is 0.241. The highest BCUT2D eigenvalue weighted by molar-refractivity contribution is 6.11. The van der Waals surface area contributed by atoms with Gasteiger partial charge < -0.3 is 20.2 Å². The van der Waals surface area contributed by atoms with Crippen molar-refractivity contribution in [3.05, 3.63) is 83.7 Å². The highest BCUT2D eigenvalue weighted by atomic mass is 19.1. The van der Waals surface area contributed by atoms with Crippen LogP contribution < -0.4 is 10.6 Å². The Morgan fingerprint density at radius 2 is 1.64 bits per heavy atom. The van der Waals surface area contributed by atoms with E-state index in [1.165, 1.54) is 12.1 Å². The number of hydrogen-bond donors (Lipinski definition) is 3. The van der Waals surface area contributed by atoms with E-state index < -0.39 is 0 Å². The lowest BCUT2D eigenvalue weighted by atomic mass is 9.98. The SMILES string of the molecule is CNC(=O)c1c(-c2ccc(F)cc2)oc2ccc(-c3cccc(C(=O)NC(CCO)C(C)C)c3)cc12. The first-order chi connectivity index (χ1) is 17.3. The average molecular weight is 489 g/mol. The van der Waals surface area contributed by atoms with Gasteiger partial charge in [0.05, 0.1) is 5.56 Å². The van der Waals surface area contributed by atoms with Crippen molar-refractivity contribution in [2.24, 2.45) is 5.92 Å². The smallest absolute Gasteiger partial charge is 0.255 e. The van der Waals surface area contributed by atoms with E-state index in [-0.39, 0.29) is 36.2 Å². The molecular formula is C29H29FN2O4. The summed E-state index contributed by atoms with van der Waals surface area (Å²) in [5.41, 5.74) is 3.59. The molecule has 1 atom stereocenters. The third-order valence-electron chi connectivity index (χ3n) is 6.27. The van der Waals surface area contributed by atoms with Gasteiger partial charge in [0.15, 0.2) is 0 Å². The monoisotopic (exact) mass is 488 g/mol. The third-order valence-corrected chi connectivity index (χ3v) is 6.27. The molecule has 4 rings (SSSR count). The Bertz CT molecular complexity index is 1390. The first-order valence-electron chi connectivity index (χ1n) is 11.9. The van der Waals surface area contributed by atoms with Crippen LogP contribution in [0.3, 0.4) is 0 Å². The Kier molecular flexibility index (Phi) is 7.50. The minimum atomic E-state index is -0.376. The van der Waals surface area contributed by atoms with E-state index in [2.05, 4.69) is 10.6 Å². The highest BCUT2D eigenvalue weighted by Gasteiger charge is 2.22. The number of aliphatic hydroxyl groups is 1. The molecule has 0 spiro atoms. The van der Waals surface area contributed by atoms with Gasteiger partial charge in [-0.15, -0.1) is 0 Å². The van der Waals surface area contributed by atoms with Crippen molar-refractivity contribution >= 4 is 22.8 Å². The number of halogens is 1. The summed E-state index contributed by atoms with van der Waals surface area (Å²) in [6.07, 6.45) is 0.485. The van der Waals surface area contributed by atoms with Crippen molar-refractivity contribution in [1.29, 1.82) is 0 Å². The average Bonchev–Trinajstić information content (AvgIpc) is 3.27. The molecule has 1 heterocycles. The number of aliphatic hydroxyl groups excluding tert-OH is 1. The molecule has 0 aliphatic heterocycles. The fourth-order valence-electron chi connectivity index (χ4n) is 4.24. The number of amides is 2. The van der Waals surface area contributed by atoms with Crippen molar-refractivity contribution < 1.29 is 23.5 Å². The topological polar surface area (TPSA) is 91.6 Å². The Morgan fingerprint density at radius 3 is 2.31 bits per heavy atom. The maximum atomic E-state index is 13.5. The van der Waals surface area contributed by atoms with Crippen LogP contribution in [0, 0.1) is 11.7 Å². The molecule has 0 bridgehead atoms. The Balaban J connectivity index is 1.74. The zero-order valence-electron chi connectivity index (χ0n) is 20.5. The number of furan rings is 1. The molecule has 0 radical (unpaired) electrons. The van der Waals surface area contributed by atoms with Crippen LogP contribution in [-0.2, 0) is 0 Å². The van der Waals surface area contributed by atoms with Gasteiger partial charge in [-0.25, -0.2) is 4.39 Å². The van der Waals surface area contributed by atoms with Gasteiger partial charge in [-0.1, -0.05) is 32.0 Å². The lowest BCUT2D eigenvalue weighted by molar-refractivity contribution is 0.0915. The summed E-state index contributed by atoms with van der Waals surface area (Å²) in [6.45, 7) is 4.00. The number of benzene rings is 3. The second-order valence-corrected chi connectivity index (χ2v) is 9.02. The first-order valence-corrected chi connectivity index (χ1v) is 11.9. The largest absolute Gasteiger partial charge is 0.455 e. The second-order valence-electron chi connectivity index (χ2n) is 9.02. The fourth-order valence-corrected chi connectivity index (χ4v) is 4.24. The van der Waals surface area contributed by atoms with Crippen molar-refractivity contribution in [3.63, 3.8) is 0 Å². The van der Waals surface area contributed by atoms with Crippen LogP contribution in [0.2, 0.25) is 0 Å². The van der Waals surface area contributed by atoms with Gasteiger partial charge >= 0.3 is 0 Å². The van der Waals surface area contributed by atoms with Gasteiger partial charge in [0.2, 0.25) is 0 Å². The number of carbonyl (C=O) groups excluding carboxylic acids is 2. The number of hydrogen-bond acceptors (Lipinski definition) is 4. The van der Waals surface area contributed by atoms with Gasteiger partial charge in [0.25, 0.3) is 11.8 Å². The van der Waals surface area contributed by atoms with Crippen molar-refractivity contribution in [2.45, 2.75) is 26.3 Å². The van der Waals surface area contributed by atoms with Crippen LogP contribution in [0.1, 0.15) is 41.0 Å². The normalized spacial score (nSPS) is 12.1. The van der Waals surface area contributed by atoms with Crippen LogP contribution >= 0.6 is 0 Å². The minimum Gasteiger partial charge on any atom is -0.455 e. The minimum absolute atomic E-state index is 0.00145. The van der Waals surface area contributed by atoms with E-state index in [0.29, 0.717) is 39.8 Å². The summed E-state index contributed by atoms with van der Waals surface area (Å²) in [5.74, 6) is -0.358. The summed E-state index contributed by atoms with van der Waals surface area (Å²) in [7, 11) is 1.54. The molecule has 3 N–H and O–H groups in total. The van der Waals surface area contributed by atoms with E-state index in [9.17, 15) is 19.1 Å². The molecule has 1 aromatic heterocycles. The number of nitrogens with one attached hydrogen (secondary N) is 2. The van der Waals surface area contributed by atoms with Gasteiger partial charge in [-0.2, -0.15) is 0 Å². The van der Waals surface area contributed by atoms with Crippen LogP contribution in [0.15, 0.2) is 71.1 Å². The predicted molar refractivity (Wildman–Crippen MR) is 138 cm³/mol. The molecule has 0 aliphatic rings. The quantitative estimate of drug-likeness (QED) is 0.310. The molecule has 3 aromatic carbocycles. The summed E-state index contributed by atoms with van der Waals surface area (Å²) in [4.78, 5) is 25.7. The van der Waals surface area contributed by atoms with E-state index in [1.54, 1.807) is 37.4 Å². The molecule has 4 aromatic rings. The second kappa shape index (κ2) is 10.7. The maximum Gasteiger partial charge on any atom is 0.255 e. The molecular weight excluding hydrogens is 459 g/mol. The maximum absolute atomic E-state index is 13.5. The Hall–Kier alpha value is -3.97. The van der Waals surface area contributed by atoms with Crippen LogP contribution in [0.4, 0.5) is 4.39 Å². The summed E-state index contributed by atoms with van der Waals surface area (Å²) in [5, 5.41) is 15.6. The predicted octanol–water partition coefficient (Wildman–Crippen LogP) is 5.40. The molecule has 7 heteroatoms. The van der Waals surface area contributed by atoms with E-state index >= 15 is 0 Å². The van der Waals surface area contributed by atoms with Crippen LogP contribution in [-0.4, -0.2) is 36.6 Å². The van der Waals surface area contributed by atoms with Crippen molar-refractivity contribution in [3.8, 4) is 22.5 Å². The molecule has 0 fully saturated rings. The lowest BCUT2D eigenvalue weighted by Crippen LogP contribution is -2.39. The molecule has 1 unspecified atom stereocenters. The van der Waals surface area contributed by atoms with E-state index in [4.69, 9.17) is 4.42 Å². The van der Waals surface area contributed by atoms with Gasteiger partial charge in [-0.3, -0.25) is 9.59 Å². The summed E-state index contributed by atoms with van der Waals surface area (Å²) in [6, 6.07) is 18.4. The zero-order valence-corrected chi connectivity index (χ0v) is 20.5. The van der Waals surface area contributed by atoms with Gasteiger partial charge in [0.1, 0.15) is 17.2 Å². The van der Waals surface area contributed by atoms with Crippen LogP contribution in [0.5, 0.6) is 0 Å². The van der Waals surface area contributed by atoms with Crippen molar-refractivity contribution in [1.82, 2.24) is 10.6 Å². The molecule has 0 saturated heterocycles. The molecule has 186 valence electrons. The van der Waals surface area contributed by atoms with Gasteiger partial charge in [0, 0.05) is 36.2 Å². The number of rotatable bonds is 8. The highest BCUT2D eigenvalue weighted by Crippen LogP contribution is 2.36. The Labute approximate surface area is 209 Å². The lowest BCUT2D eigenvalue weighted by Gasteiger charge is -2.21. The number of carbonyl (C=O) groups is 2. The molecule has 36 heavy (non-hydrogen) atoms. The summed E-state index contributed by atoms with van der Waals surface area (Å²) < 4.78 is 19.5. The van der Waals surface area contributed by atoms with E-state index in [0.717, 1.165) is 11.1 Å². The molecule has 0 aliphatic carbocycles. The van der Waals surface area contributed by atoms with Crippen LogP contribution in [0.25, 0.3) is 33.4 Å². The van der Waals surface area contributed by atoms with Gasteiger partial charge in [-0.05, 0) is 72.0 Å². The molecule has 0 saturated carbocycles. The number of fused-ring (bicyclic) bond motifs is 1. The first kappa shape index (κ1) is 25.1. The third kappa shape index (κ3) is 5.16. The zero-order chi connectivity index (χ0) is 25.8. The molecule has 2 amide bonds. The van der Waals surface area contributed by atoms with Crippen molar-refractivity contribution in [2.75, 3.05) is 13.7 Å². The summed E-state index contributed by atoms with van der Waals surface area (Å²) >= 11 is 0. The van der Waals surface area contributed by atoms with E-state index in [1.807, 2.05) is 38.1 Å². The Morgan fingerprint density at radius 1 is 0.944 bits per heavy atom. The standard InChI is InChI=1S/C29H29FN2O4/c1-17(2)24(13-14-33)32-28(34)21-6-4-5-19(15-21)20-9-12-25-23(16-20)26(29(35)31-3)27(36-25)18-7-10-22(30)11-8-18/h4-12,15-17,24,33H,13-14H2,1-3H3,(H,31,35)(H,32,34).